The Bertz CT molecular complexity index is 1350. The third-order valence-electron chi connectivity index (χ3n) is 6.82. The van der Waals surface area contributed by atoms with Crippen LogP contribution in [-0.4, -0.2) is 73.8 Å². The van der Waals surface area contributed by atoms with Gasteiger partial charge < -0.3 is 33.9 Å². The van der Waals surface area contributed by atoms with Crippen LogP contribution in [0.1, 0.15) is 55.6 Å². The van der Waals surface area contributed by atoms with Gasteiger partial charge >= 0.3 is 6.09 Å². The second-order valence-corrected chi connectivity index (χ2v) is 10.7. The van der Waals surface area contributed by atoms with E-state index in [0.29, 0.717) is 60.2 Å². The Morgan fingerprint density at radius 1 is 0.902 bits per heavy atom. The van der Waals surface area contributed by atoms with Crippen LogP contribution in [0.3, 0.4) is 0 Å². The lowest BCUT2D eigenvalue weighted by molar-refractivity contribution is 0.0203. The van der Waals surface area contributed by atoms with E-state index in [1.54, 1.807) is 35.0 Å². The highest BCUT2D eigenvalue weighted by molar-refractivity contribution is 6.05. The molecule has 1 saturated heterocycles. The summed E-state index contributed by atoms with van der Waals surface area (Å²) >= 11 is 0. The molecule has 0 saturated carbocycles. The van der Waals surface area contributed by atoms with Crippen molar-refractivity contribution in [2.24, 2.45) is 0 Å². The number of carbonyl (C=O) groups excluding carboxylic acids is 2. The Kier molecular flexibility index (Phi) is 8.95. The summed E-state index contributed by atoms with van der Waals surface area (Å²) in [5.41, 5.74) is 1.91. The molecule has 1 N–H and O–H groups in total. The van der Waals surface area contributed by atoms with Gasteiger partial charge in [0.1, 0.15) is 11.4 Å². The summed E-state index contributed by atoms with van der Waals surface area (Å²) in [5, 5.41) is 7.58. The summed E-state index contributed by atoms with van der Waals surface area (Å²) in [4.78, 5) is 28.1. The lowest BCUT2D eigenvalue weighted by atomic mass is 9.90. The molecule has 0 spiro atoms. The van der Waals surface area contributed by atoms with Crippen LogP contribution in [0.15, 0.2) is 42.6 Å². The molecule has 1 fully saturated rings. The summed E-state index contributed by atoms with van der Waals surface area (Å²) in [6.45, 7) is 6.56. The van der Waals surface area contributed by atoms with Gasteiger partial charge in [-0.25, -0.2) is 9.48 Å². The SMILES string of the molecule is COc1ccc(-n2ncc(C(=O)Nc3cc(OC)c(OC)c(OC)c3)c2C2CCN(C(=O)OC(C)(C)C)CC2)cc1. The number of anilines is 1. The van der Waals surface area contributed by atoms with Crippen molar-refractivity contribution in [3.63, 3.8) is 0 Å². The van der Waals surface area contributed by atoms with E-state index < -0.39 is 5.60 Å². The number of nitrogens with zero attached hydrogens (tertiary/aromatic N) is 3. The van der Waals surface area contributed by atoms with E-state index in [2.05, 4.69) is 10.4 Å². The number of piperidine rings is 1. The topological polar surface area (TPSA) is 113 Å². The molecule has 11 heteroatoms. The highest BCUT2D eigenvalue weighted by Crippen LogP contribution is 2.40. The molecule has 1 aliphatic rings. The summed E-state index contributed by atoms with van der Waals surface area (Å²) in [5.74, 6) is 1.63. The summed E-state index contributed by atoms with van der Waals surface area (Å²) in [6, 6.07) is 10.8. The summed E-state index contributed by atoms with van der Waals surface area (Å²) in [6.07, 6.45) is 2.53. The molecule has 0 radical (unpaired) electrons. The Morgan fingerprint density at radius 2 is 1.51 bits per heavy atom. The zero-order chi connectivity index (χ0) is 29.7. The van der Waals surface area contributed by atoms with Crippen LogP contribution in [0.5, 0.6) is 23.0 Å². The standard InChI is InChI=1S/C30H38N4O7/c1-30(2,3)41-29(36)33-14-12-19(13-15-33)26-23(18-31-34(26)21-8-10-22(37-4)11-9-21)28(35)32-20-16-24(38-5)27(40-7)25(17-20)39-6/h8-11,16-19H,12-15H2,1-7H3,(H,32,35). The number of amides is 2. The third kappa shape index (κ3) is 6.67. The van der Waals surface area contributed by atoms with Gasteiger partial charge in [-0.05, 0) is 57.9 Å². The molecule has 3 aromatic rings. The van der Waals surface area contributed by atoms with Gasteiger partial charge in [0.25, 0.3) is 5.91 Å². The second-order valence-electron chi connectivity index (χ2n) is 10.7. The van der Waals surface area contributed by atoms with E-state index in [9.17, 15) is 9.59 Å². The maximum atomic E-state index is 13.7. The average molecular weight is 567 g/mol. The van der Waals surface area contributed by atoms with Gasteiger partial charge in [0.15, 0.2) is 11.5 Å². The molecule has 0 atom stereocenters. The maximum Gasteiger partial charge on any atom is 0.410 e. The van der Waals surface area contributed by atoms with Crippen molar-refractivity contribution in [2.45, 2.75) is 45.1 Å². The number of aromatic nitrogens is 2. The fraction of sp³-hybridized carbons (Fsp3) is 0.433. The Labute approximate surface area is 240 Å². The number of rotatable bonds is 8. The molecular formula is C30H38N4O7. The number of ether oxygens (including phenoxy) is 5. The lowest BCUT2D eigenvalue weighted by Crippen LogP contribution is -2.41. The zero-order valence-corrected chi connectivity index (χ0v) is 24.6. The third-order valence-corrected chi connectivity index (χ3v) is 6.82. The first kappa shape index (κ1) is 29.6. The van der Waals surface area contributed by atoms with Crippen LogP contribution in [0, 0.1) is 0 Å². The fourth-order valence-corrected chi connectivity index (χ4v) is 4.87. The molecule has 0 bridgehead atoms. The summed E-state index contributed by atoms with van der Waals surface area (Å²) < 4.78 is 28.9. The average Bonchev–Trinajstić information content (AvgIpc) is 3.41. The highest BCUT2D eigenvalue weighted by Gasteiger charge is 2.32. The van der Waals surface area contributed by atoms with Crippen molar-refractivity contribution in [3.8, 4) is 28.7 Å². The van der Waals surface area contributed by atoms with E-state index in [1.807, 2.05) is 45.0 Å². The molecule has 1 aromatic heterocycles. The van der Waals surface area contributed by atoms with E-state index in [0.717, 1.165) is 11.4 Å². The number of methoxy groups -OCH3 is 4. The van der Waals surface area contributed by atoms with E-state index in [4.69, 9.17) is 23.7 Å². The molecule has 2 aromatic carbocycles. The molecular weight excluding hydrogens is 528 g/mol. The van der Waals surface area contributed by atoms with Crippen LogP contribution in [0.4, 0.5) is 10.5 Å². The van der Waals surface area contributed by atoms with Crippen molar-refractivity contribution in [3.05, 3.63) is 53.9 Å². The molecule has 1 aliphatic heterocycles. The Hall–Kier alpha value is -4.41. The van der Waals surface area contributed by atoms with Gasteiger partial charge in [0.05, 0.1) is 51.6 Å². The number of benzene rings is 2. The van der Waals surface area contributed by atoms with Crippen molar-refractivity contribution < 1.29 is 33.3 Å². The number of hydrogen-bond acceptors (Lipinski definition) is 8. The van der Waals surface area contributed by atoms with Gasteiger partial charge in [0.2, 0.25) is 5.75 Å². The van der Waals surface area contributed by atoms with Crippen LogP contribution < -0.4 is 24.3 Å². The monoisotopic (exact) mass is 566 g/mol. The number of nitrogens with one attached hydrogen (secondary N) is 1. The predicted molar refractivity (Wildman–Crippen MR) is 154 cm³/mol. The number of carbonyl (C=O) groups is 2. The molecule has 41 heavy (non-hydrogen) atoms. The van der Waals surface area contributed by atoms with Gasteiger partial charge in [-0.3, -0.25) is 4.79 Å². The first-order valence-electron chi connectivity index (χ1n) is 13.4. The Morgan fingerprint density at radius 3 is 2.02 bits per heavy atom. The van der Waals surface area contributed by atoms with Gasteiger partial charge in [-0.1, -0.05) is 0 Å². The number of likely N-dealkylation sites (tertiary alicyclic amines) is 1. The normalized spacial score (nSPS) is 13.9. The van der Waals surface area contributed by atoms with Gasteiger partial charge in [0, 0.05) is 36.8 Å². The zero-order valence-electron chi connectivity index (χ0n) is 24.6. The fourth-order valence-electron chi connectivity index (χ4n) is 4.87. The largest absolute Gasteiger partial charge is 0.497 e. The number of hydrogen-bond donors (Lipinski definition) is 1. The van der Waals surface area contributed by atoms with Gasteiger partial charge in [-0.2, -0.15) is 5.10 Å². The maximum absolute atomic E-state index is 13.7. The molecule has 0 aliphatic carbocycles. The first-order valence-corrected chi connectivity index (χ1v) is 13.4. The van der Waals surface area contributed by atoms with Crippen LogP contribution >= 0.6 is 0 Å². The first-order chi connectivity index (χ1) is 19.6. The minimum atomic E-state index is -0.570. The Balaban J connectivity index is 1.66. The van der Waals surface area contributed by atoms with E-state index >= 15 is 0 Å². The summed E-state index contributed by atoms with van der Waals surface area (Å²) in [7, 11) is 6.16. The quantitative estimate of drug-likeness (QED) is 0.392. The second kappa shape index (κ2) is 12.4. The van der Waals surface area contributed by atoms with Crippen LogP contribution in [-0.2, 0) is 4.74 Å². The van der Waals surface area contributed by atoms with E-state index in [1.165, 1.54) is 21.3 Å². The highest BCUT2D eigenvalue weighted by atomic mass is 16.6. The van der Waals surface area contributed by atoms with Gasteiger partial charge in [-0.15, -0.1) is 0 Å². The van der Waals surface area contributed by atoms with Crippen LogP contribution in [0.2, 0.25) is 0 Å². The van der Waals surface area contributed by atoms with Crippen molar-refractivity contribution >= 4 is 17.7 Å². The van der Waals surface area contributed by atoms with Crippen molar-refractivity contribution in [1.29, 1.82) is 0 Å². The lowest BCUT2D eigenvalue weighted by Gasteiger charge is -2.34. The molecule has 4 rings (SSSR count). The molecule has 2 heterocycles. The minimum Gasteiger partial charge on any atom is -0.497 e. The molecule has 2 amide bonds. The predicted octanol–water partition coefficient (Wildman–Crippen LogP) is 5.27. The van der Waals surface area contributed by atoms with Crippen molar-refractivity contribution in [2.75, 3.05) is 46.8 Å². The van der Waals surface area contributed by atoms with E-state index in [-0.39, 0.29) is 17.9 Å². The molecule has 220 valence electrons. The van der Waals surface area contributed by atoms with Crippen molar-refractivity contribution in [1.82, 2.24) is 14.7 Å². The minimum absolute atomic E-state index is 0.0287. The molecule has 11 nitrogen and oxygen atoms in total. The van der Waals surface area contributed by atoms with Crippen LogP contribution in [0.25, 0.3) is 5.69 Å². The smallest absolute Gasteiger partial charge is 0.410 e. The molecule has 0 unspecified atom stereocenters.